The summed E-state index contributed by atoms with van der Waals surface area (Å²) >= 11 is 0. The van der Waals surface area contributed by atoms with Gasteiger partial charge in [-0.2, -0.15) is 0 Å². The largest absolute Gasteiger partial charge is 0.403 e. The topological polar surface area (TPSA) is 80.9 Å². The lowest BCUT2D eigenvalue weighted by Crippen LogP contribution is -2.50. The van der Waals surface area contributed by atoms with E-state index in [4.69, 9.17) is 13.9 Å². The standard InChI is InChI=1S/C21H26N4O4/c26-19(24-12-8-21(9-13-24)27-14-15-28-21)17-6-10-25(11-7-17)20-23-22-18(29-20)16-4-2-1-3-5-16/h1-5,17H,6-15H2. The molecule has 0 saturated carbocycles. The zero-order valence-corrected chi connectivity index (χ0v) is 16.5. The van der Waals surface area contributed by atoms with Crippen LogP contribution in [0.4, 0.5) is 6.01 Å². The van der Waals surface area contributed by atoms with E-state index in [9.17, 15) is 4.79 Å². The highest BCUT2D eigenvalue weighted by Crippen LogP contribution is 2.33. The number of benzene rings is 1. The summed E-state index contributed by atoms with van der Waals surface area (Å²) in [6.07, 6.45) is 3.14. The van der Waals surface area contributed by atoms with Gasteiger partial charge in [-0.25, -0.2) is 0 Å². The quantitative estimate of drug-likeness (QED) is 0.785. The summed E-state index contributed by atoms with van der Waals surface area (Å²) in [6.45, 7) is 4.24. The first-order chi connectivity index (χ1) is 14.2. The summed E-state index contributed by atoms with van der Waals surface area (Å²) in [5.74, 6) is 0.404. The Morgan fingerprint density at radius 3 is 2.34 bits per heavy atom. The Morgan fingerprint density at radius 1 is 0.966 bits per heavy atom. The molecule has 3 aliphatic heterocycles. The Bertz CT molecular complexity index is 831. The molecular weight excluding hydrogens is 372 g/mol. The van der Waals surface area contributed by atoms with Crippen molar-refractivity contribution in [1.29, 1.82) is 0 Å². The zero-order chi connectivity index (χ0) is 19.7. The number of aromatic nitrogens is 2. The van der Waals surface area contributed by atoms with Crippen LogP contribution < -0.4 is 4.90 Å². The molecule has 154 valence electrons. The van der Waals surface area contributed by atoms with Crippen LogP contribution in [-0.2, 0) is 14.3 Å². The van der Waals surface area contributed by atoms with Crippen molar-refractivity contribution >= 4 is 11.9 Å². The van der Waals surface area contributed by atoms with E-state index in [-0.39, 0.29) is 11.8 Å². The van der Waals surface area contributed by atoms with Gasteiger partial charge in [0.25, 0.3) is 0 Å². The highest BCUT2D eigenvalue weighted by Gasteiger charge is 2.42. The first-order valence-corrected chi connectivity index (χ1v) is 10.4. The minimum Gasteiger partial charge on any atom is -0.403 e. The molecule has 0 aliphatic carbocycles. The Hall–Kier alpha value is -2.45. The number of amides is 1. The van der Waals surface area contributed by atoms with Gasteiger partial charge in [0.2, 0.25) is 11.8 Å². The number of ether oxygens (including phenoxy) is 2. The first kappa shape index (κ1) is 18.6. The zero-order valence-electron chi connectivity index (χ0n) is 16.5. The van der Waals surface area contributed by atoms with E-state index >= 15 is 0 Å². The average molecular weight is 398 g/mol. The highest BCUT2D eigenvalue weighted by atomic mass is 16.7. The molecule has 8 heteroatoms. The second kappa shape index (κ2) is 7.76. The molecule has 1 spiro atoms. The SMILES string of the molecule is O=C(C1CCN(c2nnc(-c3ccccc3)o2)CC1)N1CCC2(CC1)OCCO2. The molecule has 29 heavy (non-hydrogen) atoms. The Kier molecular flexibility index (Phi) is 4.97. The van der Waals surface area contributed by atoms with E-state index in [2.05, 4.69) is 15.1 Å². The Morgan fingerprint density at radius 2 is 1.66 bits per heavy atom. The molecule has 1 aromatic carbocycles. The van der Waals surface area contributed by atoms with Gasteiger partial charge in [0, 0.05) is 50.5 Å². The van der Waals surface area contributed by atoms with Crippen molar-refractivity contribution in [3.8, 4) is 11.5 Å². The van der Waals surface area contributed by atoms with Crippen LogP contribution in [0.1, 0.15) is 25.7 Å². The molecule has 3 aliphatic rings. The summed E-state index contributed by atoms with van der Waals surface area (Å²) in [5, 5.41) is 8.37. The summed E-state index contributed by atoms with van der Waals surface area (Å²) < 4.78 is 17.4. The number of piperidine rings is 2. The first-order valence-electron chi connectivity index (χ1n) is 10.4. The molecule has 2 aromatic rings. The molecular formula is C21H26N4O4. The number of rotatable bonds is 3. The molecule has 0 atom stereocenters. The molecule has 5 rings (SSSR count). The predicted octanol–water partition coefficient (Wildman–Crippen LogP) is 2.32. The summed E-state index contributed by atoms with van der Waals surface area (Å²) in [7, 11) is 0. The number of likely N-dealkylation sites (tertiary alicyclic amines) is 1. The van der Waals surface area contributed by atoms with E-state index in [1.165, 1.54) is 0 Å². The van der Waals surface area contributed by atoms with Crippen molar-refractivity contribution in [1.82, 2.24) is 15.1 Å². The average Bonchev–Trinajstić information content (AvgIpc) is 3.45. The van der Waals surface area contributed by atoms with Gasteiger partial charge in [0.1, 0.15) is 0 Å². The van der Waals surface area contributed by atoms with Crippen LogP contribution in [0, 0.1) is 5.92 Å². The molecule has 1 amide bonds. The van der Waals surface area contributed by atoms with Gasteiger partial charge in [-0.15, -0.1) is 5.10 Å². The third-order valence-corrected chi connectivity index (χ3v) is 6.20. The van der Waals surface area contributed by atoms with Gasteiger partial charge in [-0.05, 0) is 25.0 Å². The van der Waals surface area contributed by atoms with E-state index in [1.807, 2.05) is 35.2 Å². The van der Waals surface area contributed by atoms with Crippen LogP contribution in [-0.4, -0.2) is 66.2 Å². The third-order valence-electron chi connectivity index (χ3n) is 6.20. The molecule has 4 heterocycles. The number of carbonyl (C=O) groups excluding carboxylic acids is 1. The Balaban J connectivity index is 1.15. The van der Waals surface area contributed by atoms with Crippen molar-refractivity contribution in [3.63, 3.8) is 0 Å². The monoisotopic (exact) mass is 398 g/mol. The van der Waals surface area contributed by atoms with Gasteiger partial charge in [-0.3, -0.25) is 4.79 Å². The number of hydrogen-bond acceptors (Lipinski definition) is 7. The fraction of sp³-hybridized carbons (Fsp3) is 0.571. The van der Waals surface area contributed by atoms with E-state index < -0.39 is 5.79 Å². The normalized spacial score (nSPS) is 22.3. The van der Waals surface area contributed by atoms with E-state index in [0.717, 1.165) is 44.3 Å². The molecule has 8 nitrogen and oxygen atoms in total. The molecule has 1 aromatic heterocycles. The van der Waals surface area contributed by atoms with Gasteiger partial charge in [0.15, 0.2) is 5.79 Å². The maximum Gasteiger partial charge on any atom is 0.318 e. The maximum atomic E-state index is 13.0. The smallest absolute Gasteiger partial charge is 0.318 e. The van der Waals surface area contributed by atoms with Crippen molar-refractivity contribution in [3.05, 3.63) is 30.3 Å². The van der Waals surface area contributed by atoms with Crippen LogP contribution in [0.5, 0.6) is 0 Å². The minimum atomic E-state index is -0.436. The molecule has 0 radical (unpaired) electrons. The minimum absolute atomic E-state index is 0.0576. The van der Waals surface area contributed by atoms with Crippen molar-refractivity contribution < 1.29 is 18.7 Å². The fourth-order valence-electron chi connectivity index (χ4n) is 4.47. The number of hydrogen-bond donors (Lipinski definition) is 0. The second-order valence-corrected chi connectivity index (χ2v) is 7.95. The highest BCUT2D eigenvalue weighted by molar-refractivity contribution is 5.79. The van der Waals surface area contributed by atoms with Gasteiger partial charge >= 0.3 is 6.01 Å². The lowest BCUT2D eigenvalue weighted by molar-refractivity contribution is -0.188. The van der Waals surface area contributed by atoms with Gasteiger partial charge < -0.3 is 23.7 Å². The summed E-state index contributed by atoms with van der Waals surface area (Å²) in [6, 6.07) is 10.3. The summed E-state index contributed by atoms with van der Waals surface area (Å²) in [4.78, 5) is 17.0. The number of anilines is 1. The van der Waals surface area contributed by atoms with Crippen LogP contribution in [0.15, 0.2) is 34.7 Å². The summed E-state index contributed by atoms with van der Waals surface area (Å²) in [5.41, 5.74) is 0.911. The number of nitrogens with zero attached hydrogens (tertiary/aromatic N) is 4. The third kappa shape index (κ3) is 3.74. The molecule has 0 unspecified atom stereocenters. The number of carbonyl (C=O) groups is 1. The lowest BCUT2D eigenvalue weighted by atomic mass is 9.93. The van der Waals surface area contributed by atoms with Crippen LogP contribution in [0.3, 0.4) is 0 Å². The van der Waals surface area contributed by atoms with Crippen LogP contribution in [0.2, 0.25) is 0 Å². The van der Waals surface area contributed by atoms with Gasteiger partial charge in [0.05, 0.1) is 13.2 Å². The molecule has 0 N–H and O–H groups in total. The second-order valence-electron chi connectivity index (χ2n) is 7.95. The van der Waals surface area contributed by atoms with Crippen molar-refractivity contribution in [2.75, 3.05) is 44.3 Å². The maximum absolute atomic E-state index is 13.0. The van der Waals surface area contributed by atoms with Crippen LogP contribution >= 0.6 is 0 Å². The fourth-order valence-corrected chi connectivity index (χ4v) is 4.47. The van der Waals surface area contributed by atoms with Gasteiger partial charge in [-0.1, -0.05) is 23.3 Å². The lowest BCUT2D eigenvalue weighted by Gasteiger charge is -2.40. The predicted molar refractivity (Wildman–Crippen MR) is 105 cm³/mol. The molecule has 3 fully saturated rings. The van der Waals surface area contributed by atoms with E-state index in [1.54, 1.807) is 0 Å². The van der Waals surface area contributed by atoms with Crippen molar-refractivity contribution in [2.45, 2.75) is 31.5 Å². The molecule has 0 bridgehead atoms. The Labute approximate surface area is 169 Å². The molecule has 3 saturated heterocycles. The van der Waals surface area contributed by atoms with E-state index in [0.29, 0.717) is 38.2 Å². The van der Waals surface area contributed by atoms with Crippen LogP contribution in [0.25, 0.3) is 11.5 Å². The van der Waals surface area contributed by atoms with Crippen molar-refractivity contribution in [2.24, 2.45) is 5.92 Å².